The van der Waals surface area contributed by atoms with Gasteiger partial charge in [-0.05, 0) is 88.0 Å². The van der Waals surface area contributed by atoms with Crippen molar-refractivity contribution in [3.63, 3.8) is 0 Å². The smallest absolute Gasteiger partial charge is 0.339 e. The molecule has 6 heterocycles. The normalized spacial score (nSPS) is 47.8. The third-order valence-electron chi connectivity index (χ3n) is 16.9. The number of aliphatic hydroxyl groups excluding tert-OH is 2. The molecule has 0 aromatic carbocycles. The maximum atomic E-state index is 15.1. The summed E-state index contributed by atoms with van der Waals surface area (Å²) in [6.45, 7) is 7.78. The fraction of sp³-hybridized carbons (Fsp3) is 0.791. The van der Waals surface area contributed by atoms with Crippen LogP contribution in [0.3, 0.4) is 0 Å². The highest BCUT2D eigenvalue weighted by Crippen LogP contribution is 2.82. The molecule has 12 nitrogen and oxygen atoms in total. The minimum absolute atomic E-state index is 0.00588. The second-order valence-electron chi connectivity index (χ2n) is 19.4. The van der Waals surface area contributed by atoms with Crippen LogP contribution in [-0.2, 0) is 39.8 Å². The average molecular weight is 763 g/mol. The number of hydrogen-bond donors (Lipinski definition) is 4. The molecule has 3 saturated carbocycles. The second kappa shape index (κ2) is 12.7. The monoisotopic (exact) mass is 762 g/mol. The van der Waals surface area contributed by atoms with Crippen molar-refractivity contribution in [2.24, 2.45) is 51.8 Å². The fourth-order valence-electron chi connectivity index (χ4n) is 14.8. The molecule has 12 heteroatoms. The summed E-state index contributed by atoms with van der Waals surface area (Å²) in [7, 11) is 0. The molecule has 55 heavy (non-hydrogen) atoms. The standard InChI is InChI=1S/C43H58N2O10/c1-39(2)34-33(48)35(49)42(26-7-5-4-6-8-26)30(41(34)21-52-32(47)18-31(41)54-39)13-15-40(3)36(53-38(50)37-43(40,42)55-37)27-14-16-51-29(27)17-25(20-46)23-9-11-24(12-10-23)28-19-44-22-45-28/h9,11,14,16,23-26,28,30-31,34-37,44-46,49H,4-8,10,12-13,15,17-22H2,1-3H3/t23-,24+,25-,28-,30-,31+,34-,35-,36+,37-,40+,41+,42+,43-/m1/s1. The van der Waals surface area contributed by atoms with Crippen molar-refractivity contribution in [3.05, 3.63) is 35.8 Å². The number of carbonyl (C=O) groups is 3. The van der Waals surface area contributed by atoms with Gasteiger partial charge < -0.3 is 38.9 Å². The Hall–Kier alpha value is -2.61. The molecule has 9 aliphatic rings. The predicted octanol–water partition coefficient (Wildman–Crippen LogP) is 3.92. The van der Waals surface area contributed by atoms with Crippen LogP contribution < -0.4 is 10.6 Å². The maximum absolute atomic E-state index is 15.1. The molecule has 0 bridgehead atoms. The Balaban J connectivity index is 1.05. The van der Waals surface area contributed by atoms with Crippen LogP contribution in [0.25, 0.3) is 0 Å². The summed E-state index contributed by atoms with van der Waals surface area (Å²) in [5.74, 6) is -0.946. The number of cyclic esters (lactones) is 2. The summed E-state index contributed by atoms with van der Waals surface area (Å²) in [4.78, 5) is 42.4. The van der Waals surface area contributed by atoms with Gasteiger partial charge in [-0.25, -0.2) is 4.79 Å². The van der Waals surface area contributed by atoms with E-state index in [-0.39, 0.29) is 55.1 Å². The zero-order valence-corrected chi connectivity index (χ0v) is 32.4. The highest BCUT2D eigenvalue weighted by Gasteiger charge is 2.92. The highest BCUT2D eigenvalue weighted by atomic mass is 16.7. The maximum Gasteiger partial charge on any atom is 0.339 e. The molecule has 4 N–H and O–H groups in total. The minimum atomic E-state index is -1.40. The topological polar surface area (TPSA) is 169 Å². The fourth-order valence-corrected chi connectivity index (χ4v) is 14.8. The number of epoxide rings is 1. The first-order valence-electron chi connectivity index (χ1n) is 21.2. The van der Waals surface area contributed by atoms with Gasteiger partial charge in [0.05, 0.1) is 30.3 Å². The Labute approximate surface area is 322 Å². The molecule has 1 aromatic heterocycles. The van der Waals surface area contributed by atoms with E-state index in [0.717, 1.165) is 63.7 Å². The number of furan rings is 1. The first kappa shape index (κ1) is 36.7. The molecule has 10 rings (SSSR count). The first-order chi connectivity index (χ1) is 26.4. The van der Waals surface area contributed by atoms with Gasteiger partial charge in [0, 0.05) is 54.1 Å². The summed E-state index contributed by atoms with van der Waals surface area (Å²) in [6.07, 6.45) is 11.0. The van der Waals surface area contributed by atoms with E-state index in [4.69, 9.17) is 23.4 Å². The van der Waals surface area contributed by atoms with Crippen LogP contribution in [0.2, 0.25) is 0 Å². The molecule has 5 aliphatic heterocycles. The number of hydrogen-bond acceptors (Lipinski definition) is 12. The number of carbonyl (C=O) groups excluding carboxylic acids is 3. The number of rotatable bonds is 7. The molecule has 0 radical (unpaired) electrons. The van der Waals surface area contributed by atoms with Gasteiger partial charge in [-0.3, -0.25) is 14.9 Å². The van der Waals surface area contributed by atoms with Crippen molar-refractivity contribution in [2.75, 3.05) is 26.4 Å². The lowest BCUT2D eigenvalue weighted by Crippen LogP contribution is -2.79. The van der Waals surface area contributed by atoms with Crippen LogP contribution in [0, 0.1) is 51.8 Å². The van der Waals surface area contributed by atoms with Gasteiger partial charge in [0.1, 0.15) is 30.2 Å². The molecule has 0 amide bonds. The summed E-state index contributed by atoms with van der Waals surface area (Å²) >= 11 is 0. The zero-order valence-electron chi connectivity index (χ0n) is 32.4. The number of aliphatic hydroxyl groups is 2. The van der Waals surface area contributed by atoms with E-state index in [1.165, 1.54) is 0 Å². The SMILES string of the molecule is CC1(C)O[C@H]2CC(=O)OC[C@@]23[C@@H]1C(=O)[C@@H](O)[C@]1(C2CCCCC2)[C@@H]3CC[C@@]2(C)[C@H](c3ccoc3C[C@H](CO)[C@@H]3C=C[C@H]([C@H]4CNCN4)CC3)OC(=O)[C@H]3O[C@@]312. The number of allylic oxidation sites excluding steroid dienone is 1. The predicted molar refractivity (Wildman–Crippen MR) is 196 cm³/mol. The number of esters is 2. The van der Waals surface area contributed by atoms with E-state index in [9.17, 15) is 19.8 Å². The summed E-state index contributed by atoms with van der Waals surface area (Å²) in [6, 6.07) is 2.32. The van der Waals surface area contributed by atoms with E-state index < -0.39 is 63.8 Å². The van der Waals surface area contributed by atoms with Crippen molar-refractivity contribution in [1.82, 2.24) is 10.6 Å². The van der Waals surface area contributed by atoms with E-state index in [2.05, 4.69) is 29.7 Å². The summed E-state index contributed by atoms with van der Waals surface area (Å²) in [5.41, 5.74) is -4.17. The van der Waals surface area contributed by atoms with E-state index >= 15 is 4.79 Å². The molecule has 2 spiro atoms. The molecule has 14 atom stereocenters. The lowest BCUT2D eigenvalue weighted by molar-refractivity contribution is -0.275. The van der Waals surface area contributed by atoms with Crippen LogP contribution >= 0.6 is 0 Å². The lowest BCUT2D eigenvalue weighted by Gasteiger charge is -2.70. The van der Waals surface area contributed by atoms with Crippen LogP contribution in [0.5, 0.6) is 0 Å². The molecule has 5 saturated heterocycles. The van der Waals surface area contributed by atoms with Gasteiger partial charge in [0.2, 0.25) is 0 Å². The average Bonchev–Trinajstić information content (AvgIpc) is 3.44. The Kier molecular flexibility index (Phi) is 8.47. The number of nitrogens with one attached hydrogen (secondary N) is 2. The number of ketones is 1. The Morgan fingerprint density at radius 2 is 1.80 bits per heavy atom. The Bertz CT molecular complexity index is 1760. The highest BCUT2D eigenvalue weighted by molar-refractivity contribution is 5.92. The van der Waals surface area contributed by atoms with Crippen molar-refractivity contribution in [2.45, 2.75) is 133 Å². The van der Waals surface area contributed by atoms with Crippen molar-refractivity contribution < 1.29 is 48.0 Å². The first-order valence-corrected chi connectivity index (χ1v) is 21.2. The van der Waals surface area contributed by atoms with Gasteiger partial charge in [-0.1, -0.05) is 38.3 Å². The van der Waals surface area contributed by atoms with Crippen molar-refractivity contribution >= 4 is 17.7 Å². The summed E-state index contributed by atoms with van der Waals surface area (Å²) in [5, 5.41) is 30.7. The molecular weight excluding hydrogens is 704 g/mol. The van der Waals surface area contributed by atoms with E-state index in [1.54, 1.807) is 6.26 Å². The van der Waals surface area contributed by atoms with Crippen LogP contribution in [0.1, 0.15) is 102 Å². The molecule has 1 aromatic rings. The van der Waals surface area contributed by atoms with Gasteiger partial charge in [0.25, 0.3) is 0 Å². The van der Waals surface area contributed by atoms with Crippen LogP contribution in [0.4, 0.5) is 0 Å². The van der Waals surface area contributed by atoms with Gasteiger partial charge in [-0.2, -0.15) is 0 Å². The van der Waals surface area contributed by atoms with Gasteiger partial charge >= 0.3 is 11.9 Å². The minimum Gasteiger partial charge on any atom is -0.469 e. The molecule has 8 fully saturated rings. The third kappa shape index (κ3) is 4.75. The zero-order chi connectivity index (χ0) is 38.1. The number of ether oxygens (including phenoxy) is 4. The van der Waals surface area contributed by atoms with Gasteiger partial charge in [-0.15, -0.1) is 0 Å². The molecule has 300 valence electrons. The van der Waals surface area contributed by atoms with Crippen LogP contribution in [0.15, 0.2) is 28.9 Å². The third-order valence-corrected chi connectivity index (χ3v) is 16.9. The molecular formula is C43H58N2O10. The van der Waals surface area contributed by atoms with Crippen LogP contribution in [-0.4, -0.2) is 89.9 Å². The largest absolute Gasteiger partial charge is 0.469 e. The summed E-state index contributed by atoms with van der Waals surface area (Å²) < 4.78 is 32.3. The Morgan fingerprint density at radius 3 is 2.53 bits per heavy atom. The van der Waals surface area contributed by atoms with E-state index in [0.29, 0.717) is 37.0 Å². The van der Waals surface area contributed by atoms with E-state index in [1.807, 2.05) is 19.9 Å². The molecule has 0 unspecified atom stereocenters. The molecule has 4 aliphatic carbocycles. The number of fused-ring (bicyclic) bond motifs is 1. The Morgan fingerprint density at radius 1 is 0.982 bits per heavy atom. The lowest BCUT2D eigenvalue weighted by atomic mass is 9.33. The van der Waals surface area contributed by atoms with Crippen molar-refractivity contribution in [1.29, 1.82) is 0 Å². The van der Waals surface area contributed by atoms with Gasteiger partial charge in [0.15, 0.2) is 11.9 Å². The van der Waals surface area contributed by atoms with Crippen molar-refractivity contribution in [3.8, 4) is 0 Å². The number of Topliss-reactive ketones (excluding diaryl/α,β-unsaturated/α-hetero) is 1. The second-order valence-corrected chi connectivity index (χ2v) is 19.4. The quantitative estimate of drug-likeness (QED) is 0.180.